The van der Waals surface area contributed by atoms with Gasteiger partial charge in [0.1, 0.15) is 23.6 Å². The van der Waals surface area contributed by atoms with E-state index in [4.69, 9.17) is 23.7 Å². The molecule has 1 unspecified atom stereocenters. The third-order valence-electron chi connectivity index (χ3n) is 11.9. The van der Waals surface area contributed by atoms with Gasteiger partial charge in [0.15, 0.2) is 0 Å². The van der Waals surface area contributed by atoms with Gasteiger partial charge in [-0.05, 0) is 96.0 Å². The average Bonchev–Trinajstić information content (AvgIpc) is 3.21. The molecule has 1 saturated carbocycles. The zero-order valence-electron chi connectivity index (χ0n) is 34.1. The van der Waals surface area contributed by atoms with Crippen LogP contribution in [0.15, 0.2) is 42.5 Å². The Bertz CT molecular complexity index is 1710. The molecule has 2 bridgehead atoms. The minimum Gasteiger partial charge on any atom is -0.497 e. The number of likely N-dealkylation sites (tertiary alicyclic amines) is 1. The molecule has 5 aliphatic rings. The van der Waals surface area contributed by atoms with Gasteiger partial charge in [0.05, 0.1) is 45.0 Å². The lowest BCUT2D eigenvalue weighted by Gasteiger charge is -2.53. The molecule has 2 aromatic rings. The van der Waals surface area contributed by atoms with E-state index >= 15 is 0 Å². The lowest BCUT2D eigenvalue weighted by Crippen LogP contribution is -2.60. The van der Waals surface area contributed by atoms with Gasteiger partial charge in [-0.3, -0.25) is 24.2 Å². The van der Waals surface area contributed by atoms with Crippen molar-refractivity contribution in [3.8, 4) is 11.5 Å². The molecule has 2 aromatic carbocycles. The van der Waals surface area contributed by atoms with Gasteiger partial charge >= 0.3 is 12.1 Å². The fourth-order valence-electron chi connectivity index (χ4n) is 8.61. The summed E-state index contributed by atoms with van der Waals surface area (Å²) >= 11 is 0. The summed E-state index contributed by atoms with van der Waals surface area (Å²) in [6.07, 6.45) is 4.42. The Hall–Kier alpha value is -4.36. The second kappa shape index (κ2) is 17.4. The van der Waals surface area contributed by atoms with E-state index in [-0.39, 0.29) is 42.4 Å². The minimum absolute atomic E-state index is 0.0146. The Kier molecular flexibility index (Phi) is 12.8. The highest BCUT2D eigenvalue weighted by Crippen LogP contribution is 2.49. The van der Waals surface area contributed by atoms with Crippen LogP contribution in [0.3, 0.4) is 0 Å². The molecule has 1 aliphatic carbocycles. The van der Waals surface area contributed by atoms with Crippen LogP contribution >= 0.6 is 0 Å². The number of amides is 3. The first-order valence-corrected chi connectivity index (χ1v) is 20.2. The molecule has 4 heterocycles. The summed E-state index contributed by atoms with van der Waals surface area (Å²) in [5.41, 5.74) is 0.964. The Morgan fingerprint density at radius 3 is 2.32 bits per heavy atom. The van der Waals surface area contributed by atoms with E-state index in [1.165, 1.54) is 12.0 Å². The number of rotatable bonds is 12. The number of piperidine rings is 1. The van der Waals surface area contributed by atoms with Crippen molar-refractivity contribution in [1.82, 2.24) is 19.6 Å². The molecule has 1 atom stereocenters. The van der Waals surface area contributed by atoms with Gasteiger partial charge in [0, 0.05) is 68.9 Å². The molecular formula is C43H60N4O9. The molecule has 56 heavy (non-hydrogen) atoms. The number of carbonyl (C=O) groups is 4. The number of methoxy groups -OCH3 is 2. The molecule has 306 valence electrons. The number of esters is 1. The standard InChI is InChI=1S/C43H60N4O9/c1-7-54-36-25-35(52-5)14-13-34(36)27-47(40(51)56-41(2,3)4)28-37(48)46-19-9-12-33(26-46)31-10-8-11-32(24-31)38(49)45-22-20-44(21-23-45)29-43-17-15-42(16-18-43,30-55-43)39(50)53-6/h8,10-11,13-14,24-25,33H,7,9,12,15-23,26-30H2,1-6H3. The first kappa shape index (κ1) is 41.3. The number of nitrogens with zero attached hydrogens (tertiary/aromatic N) is 4. The van der Waals surface area contributed by atoms with Crippen LogP contribution in [-0.2, 0) is 30.3 Å². The predicted octanol–water partition coefficient (Wildman–Crippen LogP) is 5.50. The first-order chi connectivity index (χ1) is 26.8. The highest BCUT2D eigenvalue weighted by Gasteiger charge is 2.54. The van der Waals surface area contributed by atoms with Gasteiger partial charge < -0.3 is 33.5 Å². The summed E-state index contributed by atoms with van der Waals surface area (Å²) < 4.78 is 28.4. The summed E-state index contributed by atoms with van der Waals surface area (Å²) in [4.78, 5) is 61.2. The van der Waals surface area contributed by atoms with Crippen molar-refractivity contribution in [3.05, 3.63) is 59.2 Å². The molecule has 7 rings (SSSR count). The molecule has 0 N–H and O–H groups in total. The summed E-state index contributed by atoms with van der Waals surface area (Å²) in [7, 11) is 3.04. The van der Waals surface area contributed by atoms with E-state index in [0.29, 0.717) is 56.5 Å². The maximum absolute atomic E-state index is 13.9. The SMILES string of the molecule is CCOc1cc(OC)ccc1CN(CC(=O)N1CCCC(c2cccc(C(=O)N3CCN(CC45CCC(C(=O)OC)(CC4)CO5)CC3)c2)C1)C(=O)OC(C)(C)C. The third-order valence-corrected chi connectivity index (χ3v) is 11.9. The largest absolute Gasteiger partial charge is 0.497 e. The molecule has 0 radical (unpaired) electrons. The Labute approximate surface area is 331 Å². The lowest BCUT2D eigenvalue weighted by molar-refractivity contribution is -0.208. The second-order valence-electron chi connectivity index (χ2n) is 16.9. The summed E-state index contributed by atoms with van der Waals surface area (Å²) in [6.45, 7) is 12.8. The van der Waals surface area contributed by atoms with E-state index in [1.807, 2.05) is 53.1 Å². The Morgan fingerprint density at radius 1 is 0.929 bits per heavy atom. The van der Waals surface area contributed by atoms with E-state index in [0.717, 1.165) is 69.3 Å². The molecule has 4 aliphatic heterocycles. The number of hydrogen-bond donors (Lipinski definition) is 0. The van der Waals surface area contributed by atoms with E-state index in [1.54, 1.807) is 33.9 Å². The van der Waals surface area contributed by atoms with Crippen molar-refractivity contribution >= 4 is 23.9 Å². The Morgan fingerprint density at radius 2 is 1.68 bits per heavy atom. The van der Waals surface area contributed by atoms with E-state index < -0.39 is 17.1 Å². The number of hydrogen-bond acceptors (Lipinski definition) is 10. The second-order valence-corrected chi connectivity index (χ2v) is 16.9. The summed E-state index contributed by atoms with van der Waals surface area (Å²) in [6, 6.07) is 13.3. The molecular weight excluding hydrogens is 716 g/mol. The quantitative estimate of drug-likeness (QED) is 0.255. The number of benzene rings is 2. The van der Waals surface area contributed by atoms with Crippen LogP contribution in [0.2, 0.25) is 0 Å². The van der Waals surface area contributed by atoms with Crippen molar-refractivity contribution < 1.29 is 42.9 Å². The molecule has 0 spiro atoms. The monoisotopic (exact) mass is 776 g/mol. The molecule has 13 heteroatoms. The van der Waals surface area contributed by atoms with Crippen LogP contribution in [0, 0.1) is 5.41 Å². The van der Waals surface area contributed by atoms with E-state index in [2.05, 4.69) is 4.90 Å². The smallest absolute Gasteiger partial charge is 0.411 e. The number of ether oxygens (including phenoxy) is 5. The van der Waals surface area contributed by atoms with Gasteiger partial charge in [0.2, 0.25) is 5.91 Å². The topological polar surface area (TPSA) is 127 Å². The van der Waals surface area contributed by atoms with Crippen LogP contribution in [-0.4, -0.2) is 134 Å². The maximum Gasteiger partial charge on any atom is 0.411 e. The van der Waals surface area contributed by atoms with Gasteiger partial charge in [-0.15, -0.1) is 0 Å². The zero-order valence-corrected chi connectivity index (χ0v) is 34.1. The van der Waals surface area contributed by atoms with Gasteiger partial charge in [-0.1, -0.05) is 12.1 Å². The normalized spacial score (nSPS) is 24.0. The van der Waals surface area contributed by atoms with Crippen LogP contribution < -0.4 is 9.47 Å². The fraction of sp³-hybridized carbons (Fsp3) is 0.628. The fourth-order valence-corrected chi connectivity index (χ4v) is 8.61. The van der Waals surface area contributed by atoms with Crippen molar-refractivity contribution in [1.29, 1.82) is 0 Å². The van der Waals surface area contributed by atoms with Crippen molar-refractivity contribution in [3.63, 3.8) is 0 Å². The molecule has 0 aromatic heterocycles. The minimum atomic E-state index is -0.741. The number of carbonyl (C=O) groups excluding carboxylic acids is 4. The molecule has 13 nitrogen and oxygen atoms in total. The lowest BCUT2D eigenvalue weighted by atomic mass is 9.66. The number of piperazine rings is 1. The molecule has 3 amide bonds. The van der Waals surface area contributed by atoms with Crippen LogP contribution in [0.4, 0.5) is 4.79 Å². The zero-order chi connectivity index (χ0) is 40.1. The molecule has 5 fully saturated rings. The number of fused-ring (bicyclic) bond motifs is 3. The Balaban J connectivity index is 1.05. The van der Waals surface area contributed by atoms with Crippen molar-refractivity contribution in [2.45, 2.75) is 89.9 Å². The van der Waals surface area contributed by atoms with Crippen LogP contribution in [0.1, 0.15) is 93.6 Å². The van der Waals surface area contributed by atoms with E-state index in [9.17, 15) is 19.2 Å². The maximum atomic E-state index is 13.9. The average molecular weight is 777 g/mol. The van der Waals surface area contributed by atoms with Gasteiger partial charge in [-0.2, -0.15) is 0 Å². The summed E-state index contributed by atoms with van der Waals surface area (Å²) in [5.74, 6) is 0.971. The predicted molar refractivity (Wildman–Crippen MR) is 210 cm³/mol. The van der Waals surface area contributed by atoms with Crippen LogP contribution in [0.5, 0.6) is 11.5 Å². The highest BCUT2D eigenvalue weighted by atomic mass is 16.6. The van der Waals surface area contributed by atoms with Crippen molar-refractivity contribution in [2.75, 3.05) is 79.8 Å². The summed E-state index contributed by atoms with van der Waals surface area (Å²) in [5, 5.41) is 0. The third kappa shape index (κ3) is 9.59. The first-order valence-electron chi connectivity index (χ1n) is 20.2. The highest BCUT2D eigenvalue weighted by molar-refractivity contribution is 5.94. The van der Waals surface area contributed by atoms with Crippen LogP contribution in [0.25, 0.3) is 0 Å². The van der Waals surface area contributed by atoms with Gasteiger partial charge in [-0.25, -0.2) is 4.79 Å². The van der Waals surface area contributed by atoms with Crippen molar-refractivity contribution in [2.24, 2.45) is 5.41 Å². The molecule has 4 saturated heterocycles. The van der Waals surface area contributed by atoms with Gasteiger partial charge in [0.25, 0.3) is 5.91 Å².